The van der Waals surface area contributed by atoms with Crippen molar-refractivity contribution in [1.82, 2.24) is 0 Å². The molecule has 0 amide bonds. The first kappa shape index (κ1) is 6.41. The van der Waals surface area contributed by atoms with E-state index in [1.807, 2.05) is 18.2 Å². The van der Waals surface area contributed by atoms with Gasteiger partial charge in [-0.15, -0.1) is 0 Å². The van der Waals surface area contributed by atoms with Crippen LogP contribution in [-0.2, 0) is 6.42 Å². The van der Waals surface area contributed by atoms with Crippen LogP contribution >= 0.6 is 0 Å². The summed E-state index contributed by atoms with van der Waals surface area (Å²) in [4.78, 5) is 0. The second-order valence-corrected chi connectivity index (χ2v) is 2.64. The molecule has 11 heavy (non-hydrogen) atoms. The Morgan fingerprint density at radius 3 is 3.27 bits per heavy atom. The molecule has 1 aromatic carbocycles. The van der Waals surface area contributed by atoms with Crippen molar-refractivity contribution < 1.29 is 0 Å². The lowest BCUT2D eigenvalue weighted by Gasteiger charge is -1.97. The molecule has 2 rings (SSSR count). The van der Waals surface area contributed by atoms with E-state index in [-0.39, 0.29) is 0 Å². The van der Waals surface area contributed by atoms with Crippen LogP contribution in [0.25, 0.3) is 5.57 Å². The van der Waals surface area contributed by atoms with E-state index >= 15 is 0 Å². The highest BCUT2D eigenvalue weighted by Gasteiger charge is 2.09. The molecule has 0 aromatic heterocycles. The minimum atomic E-state index is 1.04. The van der Waals surface area contributed by atoms with Crippen LogP contribution in [0.1, 0.15) is 11.1 Å². The number of hydrogen-bond acceptors (Lipinski definition) is 0. The molecule has 1 aliphatic rings. The summed E-state index contributed by atoms with van der Waals surface area (Å²) in [6, 6.07) is 9.32. The van der Waals surface area contributed by atoms with Crippen LogP contribution in [0.15, 0.2) is 36.9 Å². The van der Waals surface area contributed by atoms with Crippen LogP contribution < -0.4 is 0 Å². The van der Waals surface area contributed by atoms with Crippen molar-refractivity contribution in [1.29, 1.82) is 0 Å². The second kappa shape index (κ2) is 2.39. The fourth-order valence-corrected chi connectivity index (χ4v) is 1.42. The molecule has 0 nitrogen and oxygen atoms in total. The van der Waals surface area contributed by atoms with Crippen molar-refractivity contribution in [3.63, 3.8) is 0 Å². The highest BCUT2D eigenvalue weighted by Crippen LogP contribution is 2.26. The van der Waals surface area contributed by atoms with Crippen molar-refractivity contribution in [3.8, 4) is 0 Å². The van der Waals surface area contributed by atoms with Gasteiger partial charge in [0.2, 0.25) is 0 Å². The molecule has 0 heteroatoms. The van der Waals surface area contributed by atoms with Gasteiger partial charge >= 0.3 is 0 Å². The molecule has 0 saturated carbocycles. The molecule has 0 unspecified atom stereocenters. The Morgan fingerprint density at radius 1 is 1.55 bits per heavy atom. The normalized spacial score (nSPS) is 14.0. The predicted molar refractivity (Wildman–Crippen MR) is 47.2 cm³/mol. The van der Waals surface area contributed by atoms with Gasteiger partial charge in [0.05, 0.1) is 0 Å². The van der Waals surface area contributed by atoms with Crippen LogP contribution in [-0.4, -0.2) is 0 Å². The summed E-state index contributed by atoms with van der Waals surface area (Å²) in [5, 5.41) is 0. The van der Waals surface area contributed by atoms with E-state index in [1.165, 1.54) is 16.7 Å². The number of hydrogen-bond donors (Lipinski definition) is 0. The third-order valence-corrected chi connectivity index (χ3v) is 1.99. The summed E-state index contributed by atoms with van der Waals surface area (Å²) in [6.07, 6.45) is 5.12. The first-order valence-corrected chi connectivity index (χ1v) is 3.74. The largest absolute Gasteiger partial charge is 0.0985 e. The zero-order valence-corrected chi connectivity index (χ0v) is 6.30. The van der Waals surface area contributed by atoms with Gasteiger partial charge in [-0.2, -0.15) is 0 Å². The Morgan fingerprint density at radius 2 is 2.45 bits per heavy atom. The van der Waals surface area contributed by atoms with E-state index in [2.05, 4.69) is 24.8 Å². The summed E-state index contributed by atoms with van der Waals surface area (Å²) < 4.78 is 0. The average molecular weight is 141 g/mol. The Labute approximate surface area is 66.9 Å². The summed E-state index contributed by atoms with van der Waals surface area (Å²) in [6.45, 7) is 3.75. The topological polar surface area (TPSA) is 0 Å². The molecular formula is C11H9. The molecule has 1 aromatic rings. The smallest absolute Gasteiger partial charge is 0.00732 e. The SMILES string of the molecule is C=CC1=CCc2ccc[c]c21. The fourth-order valence-electron chi connectivity index (χ4n) is 1.42. The first-order chi connectivity index (χ1) is 5.42. The highest BCUT2D eigenvalue weighted by atomic mass is 14.1. The van der Waals surface area contributed by atoms with Crippen LogP contribution in [0.2, 0.25) is 0 Å². The second-order valence-electron chi connectivity index (χ2n) is 2.64. The van der Waals surface area contributed by atoms with E-state index in [4.69, 9.17) is 0 Å². The minimum absolute atomic E-state index is 1.04. The third-order valence-electron chi connectivity index (χ3n) is 1.99. The molecule has 0 atom stereocenters. The minimum Gasteiger partial charge on any atom is -0.0985 e. The number of allylic oxidation sites excluding steroid dienone is 3. The molecule has 0 N–H and O–H groups in total. The molecule has 0 fully saturated rings. The number of rotatable bonds is 1. The number of benzene rings is 1. The van der Waals surface area contributed by atoms with E-state index in [1.54, 1.807) is 0 Å². The molecule has 0 aliphatic heterocycles. The number of fused-ring (bicyclic) bond motifs is 1. The monoisotopic (exact) mass is 141 g/mol. The molecule has 1 radical (unpaired) electrons. The van der Waals surface area contributed by atoms with Gasteiger partial charge in [-0.05, 0) is 29.2 Å². The zero-order valence-electron chi connectivity index (χ0n) is 6.30. The van der Waals surface area contributed by atoms with Crippen molar-refractivity contribution >= 4 is 5.57 Å². The lowest BCUT2D eigenvalue weighted by atomic mass is 10.1. The maximum absolute atomic E-state index is 3.75. The van der Waals surface area contributed by atoms with Crippen molar-refractivity contribution in [2.45, 2.75) is 6.42 Å². The van der Waals surface area contributed by atoms with Gasteiger partial charge in [0, 0.05) is 0 Å². The standard InChI is InChI=1S/C11H9/c1-2-9-7-8-10-5-3-4-6-11(9)10/h2-5,7H,1,8H2. The van der Waals surface area contributed by atoms with Crippen LogP contribution in [0.3, 0.4) is 0 Å². The molecule has 53 valence electrons. The maximum atomic E-state index is 3.75. The van der Waals surface area contributed by atoms with Gasteiger partial charge in [-0.3, -0.25) is 0 Å². The Hall–Kier alpha value is -1.30. The van der Waals surface area contributed by atoms with Gasteiger partial charge in [0.25, 0.3) is 0 Å². The Balaban J connectivity index is 2.56. The molecule has 0 spiro atoms. The van der Waals surface area contributed by atoms with E-state index < -0.39 is 0 Å². The summed E-state index contributed by atoms with van der Waals surface area (Å²) in [5.74, 6) is 0. The summed E-state index contributed by atoms with van der Waals surface area (Å²) >= 11 is 0. The summed E-state index contributed by atoms with van der Waals surface area (Å²) in [7, 11) is 0. The first-order valence-electron chi connectivity index (χ1n) is 3.74. The zero-order chi connectivity index (χ0) is 7.68. The van der Waals surface area contributed by atoms with E-state index in [0.717, 1.165) is 6.42 Å². The lowest BCUT2D eigenvalue weighted by Crippen LogP contribution is -1.80. The van der Waals surface area contributed by atoms with Crippen LogP contribution in [0.4, 0.5) is 0 Å². The van der Waals surface area contributed by atoms with Gasteiger partial charge < -0.3 is 0 Å². The fraction of sp³-hybridized carbons (Fsp3) is 0.0909. The molecule has 0 heterocycles. The average Bonchev–Trinajstić information content (AvgIpc) is 2.47. The lowest BCUT2D eigenvalue weighted by molar-refractivity contribution is 1.31. The highest BCUT2D eigenvalue weighted by molar-refractivity contribution is 5.78. The van der Waals surface area contributed by atoms with Crippen LogP contribution in [0.5, 0.6) is 0 Å². The van der Waals surface area contributed by atoms with E-state index in [9.17, 15) is 0 Å². The van der Waals surface area contributed by atoms with Crippen molar-refractivity contribution in [3.05, 3.63) is 54.1 Å². The van der Waals surface area contributed by atoms with Gasteiger partial charge in [-0.25, -0.2) is 0 Å². The Kier molecular flexibility index (Phi) is 1.39. The van der Waals surface area contributed by atoms with Gasteiger partial charge in [0.1, 0.15) is 0 Å². The van der Waals surface area contributed by atoms with Gasteiger partial charge in [-0.1, -0.05) is 36.9 Å². The molecule has 1 aliphatic carbocycles. The predicted octanol–water partition coefficient (Wildman–Crippen LogP) is 2.61. The Bertz CT molecular complexity index is 319. The molecular weight excluding hydrogens is 132 g/mol. The van der Waals surface area contributed by atoms with Crippen molar-refractivity contribution in [2.75, 3.05) is 0 Å². The third kappa shape index (κ3) is 0.911. The molecule has 0 saturated heterocycles. The molecule has 0 bridgehead atoms. The quantitative estimate of drug-likeness (QED) is 0.564. The van der Waals surface area contributed by atoms with Crippen molar-refractivity contribution in [2.24, 2.45) is 0 Å². The van der Waals surface area contributed by atoms with E-state index in [0.29, 0.717) is 0 Å². The van der Waals surface area contributed by atoms with Crippen LogP contribution in [0, 0.1) is 6.07 Å². The maximum Gasteiger partial charge on any atom is -0.00732 e. The van der Waals surface area contributed by atoms with Gasteiger partial charge in [0.15, 0.2) is 0 Å². The summed E-state index contributed by atoms with van der Waals surface area (Å²) in [5.41, 5.74) is 3.81.